The smallest absolute Gasteiger partial charge is 0.407 e. The molecule has 3 N–H and O–H groups in total. The van der Waals surface area contributed by atoms with E-state index in [9.17, 15) is 9.59 Å². The Balaban J connectivity index is 1.95. The van der Waals surface area contributed by atoms with Gasteiger partial charge in [0.2, 0.25) is 0 Å². The number of amidine groups is 1. The van der Waals surface area contributed by atoms with Gasteiger partial charge in [0.1, 0.15) is 11.4 Å². The molecule has 0 radical (unpaired) electrons. The van der Waals surface area contributed by atoms with Crippen LogP contribution in [0.4, 0.5) is 10.5 Å². The summed E-state index contributed by atoms with van der Waals surface area (Å²) in [5, 5.41) is 7.75. The minimum atomic E-state index is -0.566. The molecular formula is C19H28N4O4S. The molecule has 0 aliphatic carbocycles. The number of hydrogen-bond acceptors (Lipinski definition) is 7. The molecule has 1 aromatic rings. The minimum absolute atomic E-state index is 0.144. The standard InChI is InChI=1S/C19H28N4O4S/c1-5-7-23(26-8-6-21-18(25)27-19(2,3)4)17(24)13-9-14-11-28-12-15(14)22-16(20)10-13/h9,11-12H,5-8,10H2,1-4H3,(H2,20,22)(H,21,25). The minimum Gasteiger partial charge on any atom is -0.444 e. The Kier molecular flexibility index (Phi) is 7.59. The second kappa shape index (κ2) is 9.70. The van der Waals surface area contributed by atoms with E-state index in [1.807, 2.05) is 23.8 Å². The van der Waals surface area contributed by atoms with Crippen LogP contribution in [0.25, 0.3) is 6.08 Å². The van der Waals surface area contributed by atoms with Crippen LogP contribution in [0, 0.1) is 0 Å². The molecule has 2 amide bonds. The first-order chi connectivity index (χ1) is 13.2. The first kappa shape index (κ1) is 21.9. The second-order valence-electron chi connectivity index (χ2n) is 7.33. The molecule has 28 heavy (non-hydrogen) atoms. The Bertz CT molecular complexity index is 764. The van der Waals surface area contributed by atoms with Gasteiger partial charge in [0, 0.05) is 41.4 Å². The maximum atomic E-state index is 12.9. The first-order valence-corrected chi connectivity index (χ1v) is 10.2. The number of ether oxygens (including phenoxy) is 1. The van der Waals surface area contributed by atoms with Crippen LogP contribution < -0.4 is 11.1 Å². The lowest BCUT2D eigenvalue weighted by molar-refractivity contribution is -0.181. The van der Waals surface area contributed by atoms with Crippen molar-refractivity contribution in [3.05, 3.63) is 21.9 Å². The third-order valence-electron chi connectivity index (χ3n) is 3.58. The van der Waals surface area contributed by atoms with Crippen molar-refractivity contribution in [2.45, 2.75) is 46.1 Å². The molecule has 0 bridgehead atoms. The van der Waals surface area contributed by atoms with Crippen LogP contribution in [0.3, 0.4) is 0 Å². The zero-order valence-electron chi connectivity index (χ0n) is 16.8. The number of nitrogens with two attached hydrogens (primary N) is 1. The average molecular weight is 409 g/mol. The van der Waals surface area contributed by atoms with Gasteiger partial charge in [0.25, 0.3) is 5.91 Å². The Morgan fingerprint density at radius 2 is 2.11 bits per heavy atom. The number of nitrogens with one attached hydrogen (secondary N) is 1. The van der Waals surface area contributed by atoms with Crippen LogP contribution in [0.5, 0.6) is 0 Å². The van der Waals surface area contributed by atoms with Gasteiger partial charge >= 0.3 is 6.09 Å². The molecule has 1 aliphatic heterocycles. The summed E-state index contributed by atoms with van der Waals surface area (Å²) in [4.78, 5) is 34.6. The highest BCUT2D eigenvalue weighted by atomic mass is 32.1. The molecule has 2 heterocycles. The maximum Gasteiger partial charge on any atom is 0.407 e. The van der Waals surface area contributed by atoms with E-state index >= 15 is 0 Å². The number of alkyl carbamates (subject to hydrolysis) is 1. The van der Waals surface area contributed by atoms with Crippen LogP contribution in [0.2, 0.25) is 0 Å². The fourth-order valence-electron chi connectivity index (χ4n) is 2.48. The SMILES string of the molecule is CCCN(OCCNC(=O)OC(C)(C)C)C(=O)C1=Cc2cscc2N=C(N)C1. The van der Waals surface area contributed by atoms with Gasteiger partial charge in [-0.1, -0.05) is 6.92 Å². The summed E-state index contributed by atoms with van der Waals surface area (Å²) >= 11 is 1.51. The largest absolute Gasteiger partial charge is 0.444 e. The van der Waals surface area contributed by atoms with E-state index in [2.05, 4.69) is 10.3 Å². The zero-order chi connectivity index (χ0) is 20.7. The van der Waals surface area contributed by atoms with Crippen molar-refractivity contribution >= 4 is 40.9 Å². The van der Waals surface area contributed by atoms with Gasteiger partial charge < -0.3 is 15.8 Å². The number of carbonyl (C=O) groups is 2. The van der Waals surface area contributed by atoms with E-state index in [-0.39, 0.29) is 25.5 Å². The van der Waals surface area contributed by atoms with Crippen molar-refractivity contribution in [3.63, 3.8) is 0 Å². The molecule has 8 nitrogen and oxygen atoms in total. The molecule has 2 rings (SSSR count). The summed E-state index contributed by atoms with van der Waals surface area (Å²) in [5.74, 6) is 0.135. The van der Waals surface area contributed by atoms with Crippen LogP contribution in [-0.4, -0.2) is 48.2 Å². The highest BCUT2D eigenvalue weighted by Crippen LogP contribution is 2.30. The quantitative estimate of drug-likeness (QED) is 0.532. The van der Waals surface area contributed by atoms with E-state index in [1.54, 1.807) is 20.8 Å². The van der Waals surface area contributed by atoms with Crippen LogP contribution in [0.15, 0.2) is 21.3 Å². The monoisotopic (exact) mass is 408 g/mol. The Labute approximate surface area is 169 Å². The van der Waals surface area contributed by atoms with E-state index in [4.69, 9.17) is 15.3 Å². The van der Waals surface area contributed by atoms with Gasteiger partial charge in [0.05, 0.1) is 12.3 Å². The van der Waals surface area contributed by atoms with Crippen molar-refractivity contribution < 1.29 is 19.2 Å². The lowest BCUT2D eigenvalue weighted by Gasteiger charge is -2.23. The van der Waals surface area contributed by atoms with Crippen LogP contribution in [0.1, 0.15) is 46.1 Å². The molecule has 9 heteroatoms. The number of amides is 2. The number of thiophene rings is 1. The highest BCUT2D eigenvalue weighted by molar-refractivity contribution is 7.08. The summed E-state index contributed by atoms with van der Waals surface area (Å²) in [6.07, 6.45) is 2.27. The Morgan fingerprint density at radius 1 is 1.36 bits per heavy atom. The van der Waals surface area contributed by atoms with Crippen molar-refractivity contribution in [2.24, 2.45) is 10.7 Å². The Morgan fingerprint density at radius 3 is 2.79 bits per heavy atom. The number of nitrogens with zero attached hydrogens (tertiary/aromatic N) is 2. The summed E-state index contributed by atoms with van der Waals surface area (Å²) in [5.41, 5.74) is 7.56. The molecule has 0 spiro atoms. The summed E-state index contributed by atoms with van der Waals surface area (Å²) < 4.78 is 5.16. The molecule has 0 atom stereocenters. The molecule has 0 saturated heterocycles. The van der Waals surface area contributed by atoms with Gasteiger partial charge in [-0.25, -0.2) is 14.9 Å². The van der Waals surface area contributed by atoms with Gasteiger partial charge in [-0.2, -0.15) is 0 Å². The number of carbonyl (C=O) groups excluding carboxylic acids is 2. The summed E-state index contributed by atoms with van der Waals surface area (Å²) in [7, 11) is 0. The zero-order valence-corrected chi connectivity index (χ0v) is 17.6. The van der Waals surface area contributed by atoms with Gasteiger partial charge in [-0.15, -0.1) is 11.3 Å². The lowest BCUT2D eigenvalue weighted by Crippen LogP contribution is -2.38. The molecular weight excluding hydrogens is 380 g/mol. The second-order valence-corrected chi connectivity index (χ2v) is 8.07. The number of fused-ring (bicyclic) bond motifs is 1. The molecule has 0 saturated carbocycles. The molecule has 1 aliphatic rings. The van der Waals surface area contributed by atoms with Gasteiger partial charge in [0.15, 0.2) is 0 Å². The molecule has 1 aromatic heterocycles. The average Bonchev–Trinajstić information content (AvgIpc) is 2.94. The van der Waals surface area contributed by atoms with E-state index < -0.39 is 11.7 Å². The molecule has 0 aromatic carbocycles. The van der Waals surface area contributed by atoms with Crippen molar-refractivity contribution in [3.8, 4) is 0 Å². The topological polar surface area (TPSA) is 106 Å². The fourth-order valence-corrected chi connectivity index (χ4v) is 3.20. The van der Waals surface area contributed by atoms with E-state index in [1.165, 1.54) is 16.4 Å². The normalized spacial score (nSPS) is 13.7. The fraction of sp³-hybridized carbons (Fsp3) is 0.526. The highest BCUT2D eigenvalue weighted by Gasteiger charge is 2.22. The molecule has 0 fully saturated rings. The number of rotatable bonds is 7. The van der Waals surface area contributed by atoms with Crippen molar-refractivity contribution in [1.82, 2.24) is 10.4 Å². The molecule has 0 unspecified atom stereocenters. The van der Waals surface area contributed by atoms with E-state index in [0.717, 1.165) is 17.7 Å². The van der Waals surface area contributed by atoms with Crippen molar-refractivity contribution in [1.29, 1.82) is 0 Å². The van der Waals surface area contributed by atoms with Gasteiger partial charge in [-0.3, -0.25) is 9.63 Å². The summed E-state index contributed by atoms with van der Waals surface area (Å²) in [6, 6.07) is 0. The number of aliphatic imine (C=N–C) groups is 1. The van der Waals surface area contributed by atoms with Crippen LogP contribution in [-0.2, 0) is 14.4 Å². The predicted molar refractivity (Wildman–Crippen MR) is 110 cm³/mol. The predicted octanol–water partition coefficient (Wildman–Crippen LogP) is 3.22. The number of hydrogen-bond donors (Lipinski definition) is 2. The number of hydroxylamine groups is 2. The third kappa shape index (κ3) is 6.65. The molecule has 154 valence electrons. The van der Waals surface area contributed by atoms with Crippen LogP contribution >= 0.6 is 11.3 Å². The lowest BCUT2D eigenvalue weighted by atomic mass is 10.1. The summed E-state index contributed by atoms with van der Waals surface area (Å²) in [6.45, 7) is 8.12. The first-order valence-electron chi connectivity index (χ1n) is 9.21. The van der Waals surface area contributed by atoms with Gasteiger partial charge in [-0.05, 0) is 33.3 Å². The van der Waals surface area contributed by atoms with E-state index in [0.29, 0.717) is 18.0 Å². The van der Waals surface area contributed by atoms with Crippen molar-refractivity contribution in [2.75, 3.05) is 19.7 Å². The maximum absolute atomic E-state index is 12.9. The Hall–Kier alpha value is -2.39. The third-order valence-corrected chi connectivity index (χ3v) is 4.33.